The van der Waals surface area contributed by atoms with Gasteiger partial charge in [0, 0.05) is 11.3 Å². The van der Waals surface area contributed by atoms with E-state index in [2.05, 4.69) is 27.6 Å². The van der Waals surface area contributed by atoms with Gasteiger partial charge in [-0.15, -0.1) is 12.6 Å². The molecule has 2 aromatic heterocycles. The average Bonchev–Trinajstić information content (AvgIpc) is 3.09. The van der Waals surface area contributed by atoms with E-state index in [9.17, 15) is 5.21 Å². The van der Waals surface area contributed by atoms with E-state index >= 15 is 0 Å². The van der Waals surface area contributed by atoms with E-state index in [0.717, 1.165) is 17.0 Å². The van der Waals surface area contributed by atoms with Gasteiger partial charge in [-0.3, -0.25) is 20.7 Å². The third-order valence-corrected chi connectivity index (χ3v) is 4.58. The number of hydroxylamine groups is 1. The Bertz CT molecular complexity index is 1180. The van der Waals surface area contributed by atoms with Gasteiger partial charge in [0.15, 0.2) is 22.5 Å². The summed E-state index contributed by atoms with van der Waals surface area (Å²) in [5.74, 6) is 0.853. The van der Waals surface area contributed by atoms with Crippen LogP contribution in [0.5, 0.6) is 5.75 Å². The Morgan fingerprint density at radius 3 is 2.48 bits per heavy atom. The SMILES string of the molecule is CCOc1ccc(-c2nc(C(=N)NO)c3nc(S)n(-c4ccccc4)c3n2)cc1. The Morgan fingerprint density at radius 1 is 1.10 bits per heavy atom. The number of amidine groups is 1. The molecule has 0 bridgehead atoms. The van der Waals surface area contributed by atoms with E-state index in [0.29, 0.717) is 28.8 Å². The van der Waals surface area contributed by atoms with Crippen LogP contribution in [0.4, 0.5) is 0 Å². The normalized spacial score (nSPS) is 10.9. The molecule has 0 unspecified atom stereocenters. The molecule has 0 fully saturated rings. The van der Waals surface area contributed by atoms with Gasteiger partial charge in [-0.2, -0.15) is 0 Å². The first-order chi connectivity index (χ1) is 14.1. The van der Waals surface area contributed by atoms with Crippen molar-refractivity contribution in [2.24, 2.45) is 0 Å². The van der Waals surface area contributed by atoms with Crippen LogP contribution >= 0.6 is 12.6 Å². The van der Waals surface area contributed by atoms with E-state index < -0.39 is 0 Å². The Balaban J connectivity index is 1.95. The van der Waals surface area contributed by atoms with Crippen LogP contribution in [0.25, 0.3) is 28.2 Å². The van der Waals surface area contributed by atoms with Crippen molar-refractivity contribution in [1.82, 2.24) is 25.0 Å². The second kappa shape index (κ2) is 7.90. The molecular formula is C20H18N6O2S. The molecule has 4 aromatic rings. The predicted molar refractivity (Wildman–Crippen MR) is 112 cm³/mol. The molecule has 2 aromatic carbocycles. The molecule has 29 heavy (non-hydrogen) atoms. The first-order valence-corrected chi connectivity index (χ1v) is 9.34. The largest absolute Gasteiger partial charge is 0.494 e. The lowest BCUT2D eigenvalue weighted by Gasteiger charge is -2.09. The molecular weight excluding hydrogens is 388 g/mol. The number of aromatic nitrogens is 4. The van der Waals surface area contributed by atoms with Crippen molar-refractivity contribution in [2.45, 2.75) is 12.1 Å². The molecule has 146 valence electrons. The summed E-state index contributed by atoms with van der Waals surface area (Å²) in [5, 5.41) is 17.7. The molecule has 9 heteroatoms. The maximum atomic E-state index is 9.29. The maximum absolute atomic E-state index is 9.29. The van der Waals surface area contributed by atoms with Crippen LogP contribution in [0.15, 0.2) is 59.8 Å². The number of ether oxygens (including phenoxy) is 1. The minimum Gasteiger partial charge on any atom is -0.494 e. The second-order valence-corrected chi connectivity index (χ2v) is 6.49. The van der Waals surface area contributed by atoms with E-state index in [1.165, 1.54) is 0 Å². The molecule has 0 amide bonds. The summed E-state index contributed by atoms with van der Waals surface area (Å²) in [6.45, 7) is 2.50. The zero-order valence-electron chi connectivity index (χ0n) is 15.5. The van der Waals surface area contributed by atoms with Crippen LogP contribution in [0, 0.1) is 5.41 Å². The van der Waals surface area contributed by atoms with Gasteiger partial charge in [-0.05, 0) is 43.3 Å². The molecule has 4 rings (SSSR count). The molecule has 0 atom stereocenters. The van der Waals surface area contributed by atoms with Gasteiger partial charge >= 0.3 is 0 Å². The minimum atomic E-state index is -0.282. The third-order valence-electron chi connectivity index (χ3n) is 4.28. The molecule has 0 aliphatic heterocycles. The summed E-state index contributed by atoms with van der Waals surface area (Å²) in [7, 11) is 0. The van der Waals surface area contributed by atoms with Crippen molar-refractivity contribution < 1.29 is 9.94 Å². The number of rotatable bonds is 5. The fraction of sp³-hybridized carbons (Fsp3) is 0.100. The second-order valence-electron chi connectivity index (χ2n) is 6.09. The van der Waals surface area contributed by atoms with Gasteiger partial charge in [0.25, 0.3) is 0 Å². The lowest BCUT2D eigenvalue weighted by atomic mass is 10.2. The monoisotopic (exact) mass is 406 g/mol. The fourth-order valence-corrected chi connectivity index (χ4v) is 3.29. The van der Waals surface area contributed by atoms with Gasteiger partial charge < -0.3 is 4.74 Å². The molecule has 0 saturated heterocycles. The Labute approximate surface area is 172 Å². The summed E-state index contributed by atoms with van der Waals surface area (Å²) in [4.78, 5) is 13.6. The summed E-state index contributed by atoms with van der Waals surface area (Å²) >= 11 is 4.49. The molecule has 3 N–H and O–H groups in total. The van der Waals surface area contributed by atoms with E-state index in [1.54, 1.807) is 4.57 Å². The molecule has 0 spiro atoms. The average molecular weight is 406 g/mol. The van der Waals surface area contributed by atoms with Crippen LogP contribution in [-0.4, -0.2) is 37.2 Å². The number of fused-ring (bicyclic) bond motifs is 1. The number of thiol groups is 1. The van der Waals surface area contributed by atoms with Crippen molar-refractivity contribution in [1.29, 1.82) is 5.41 Å². The number of para-hydroxylation sites is 1. The van der Waals surface area contributed by atoms with Crippen molar-refractivity contribution in [3.63, 3.8) is 0 Å². The number of nitrogens with one attached hydrogen (secondary N) is 2. The van der Waals surface area contributed by atoms with Crippen molar-refractivity contribution >= 4 is 29.6 Å². The highest BCUT2D eigenvalue weighted by Gasteiger charge is 2.20. The van der Waals surface area contributed by atoms with Crippen LogP contribution in [0.2, 0.25) is 0 Å². The van der Waals surface area contributed by atoms with Gasteiger partial charge in [-0.25, -0.2) is 15.0 Å². The van der Waals surface area contributed by atoms with Gasteiger partial charge in [-0.1, -0.05) is 18.2 Å². The highest BCUT2D eigenvalue weighted by Crippen LogP contribution is 2.27. The maximum Gasteiger partial charge on any atom is 0.171 e. The van der Waals surface area contributed by atoms with Crippen LogP contribution in [0.1, 0.15) is 12.6 Å². The first-order valence-electron chi connectivity index (χ1n) is 8.89. The van der Waals surface area contributed by atoms with Crippen LogP contribution in [-0.2, 0) is 0 Å². The predicted octanol–water partition coefficient (Wildman–Crippen LogP) is 3.47. The van der Waals surface area contributed by atoms with Gasteiger partial charge in [0.05, 0.1) is 6.61 Å². The summed E-state index contributed by atoms with van der Waals surface area (Å²) < 4.78 is 7.25. The summed E-state index contributed by atoms with van der Waals surface area (Å²) in [6.07, 6.45) is 0. The molecule has 2 heterocycles. The Morgan fingerprint density at radius 2 is 1.83 bits per heavy atom. The Kier molecular flexibility index (Phi) is 5.15. The standard InChI is InChI=1S/C20H18N6O2S/c1-2-28-14-10-8-12(9-11-14)18-22-15(17(21)25-27)16-19(24-18)26(20(29)23-16)13-6-4-3-5-7-13/h3-11,27H,2H2,1H3,(H2,21,25)(H,23,29). The topological polar surface area (TPSA) is 109 Å². The number of hydrogen-bond donors (Lipinski definition) is 4. The molecule has 0 aliphatic rings. The van der Waals surface area contributed by atoms with Gasteiger partial charge in [0.2, 0.25) is 0 Å². The molecule has 8 nitrogen and oxygen atoms in total. The molecule has 0 radical (unpaired) electrons. The van der Waals surface area contributed by atoms with Crippen LogP contribution < -0.4 is 10.2 Å². The summed E-state index contributed by atoms with van der Waals surface area (Å²) in [6, 6.07) is 16.9. The number of nitrogens with zero attached hydrogens (tertiary/aromatic N) is 4. The molecule has 0 saturated carbocycles. The number of benzene rings is 2. The van der Waals surface area contributed by atoms with E-state index in [-0.39, 0.29) is 11.5 Å². The number of hydrogen-bond acceptors (Lipinski definition) is 7. The zero-order valence-corrected chi connectivity index (χ0v) is 16.4. The third kappa shape index (κ3) is 3.53. The van der Waals surface area contributed by atoms with Crippen molar-refractivity contribution in [3.05, 3.63) is 60.3 Å². The van der Waals surface area contributed by atoms with E-state index in [4.69, 9.17) is 10.1 Å². The lowest BCUT2D eigenvalue weighted by molar-refractivity contribution is 0.234. The lowest BCUT2D eigenvalue weighted by Crippen LogP contribution is -2.21. The Hall–Kier alpha value is -3.43. The molecule has 0 aliphatic carbocycles. The van der Waals surface area contributed by atoms with Crippen molar-refractivity contribution in [2.75, 3.05) is 6.61 Å². The highest BCUT2D eigenvalue weighted by molar-refractivity contribution is 7.80. The number of imidazole rings is 1. The zero-order chi connectivity index (χ0) is 20.4. The highest BCUT2D eigenvalue weighted by atomic mass is 32.1. The van der Waals surface area contributed by atoms with Crippen molar-refractivity contribution in [3.8, 4) is 22.8 Å². The first kappa shape index (κ1) is 18.9. The summed E-state index contributed by atoms with van der Waals surface area (Å²) in [5.41, 5.74) is 4.43. The quantitative estimate of drug-likeness (QED) is 0.175. The van der Waals surface area contributed by atoms with E-state index in [1.807, 2.05) is 67.0 Å². The fourth-order valence-electron chi connectivity index (χ4n) is 2.98. The van der Waals surface area contributed by atoms with Crippen LogP contribution in [0.3, 0.4) is 0 Å². The smallest absolute Gasteiger partial charge is 0.171 e. The van der Waals surface area contributed by atoms with Gasteiger partial charge in [0.1, 0.15) is 17.0 Å². The minimum absolute atomic E-state index is 0.173.